The van der Waals surface area contributed by atoms with E-state index in [9.17, 15) is 10.2 Å². The largest absolute Gasteiger partial charge is 0.387 e. The molecule has 11 atom stereocenters. The molecule has 214 valence electrons. The van der Waals surface area contributed by atoms with Crippen molar-refractivity contribution in [3.8, 4) is 0 Å². The summed E-state index contributed by atoms with van der Waals surface area (Å²) in [7, 11) is 2.05. The highest BCUT2D eigenvalue weighted by atomic mass is 16.6. The molecule has 0 bridgehead atoms. The molecule has 0 spiro atoms. The van der Waals surface area contributed by atoms with Crippen molar-refractivity contribution in [1.82, 2.24) is 41.7 Å². The first-order valence-corrected chi connectivity index (χ1v) is 14.3. The number of nitrogens with two attached hydrogens (primary N) is 1. The van der Waals surface area contributed by atoms with E-state index in [1.165, 1.54) is 19.3 Å². The molecule has 0 aromatic carbocycles. The van der Waals surface area contributed by atoms with Crippen molar-refractivity contribution in [3.05, 3.63) is 0 Å². The third kappa shape index (κ3) is 6.16. The van der Waals surface area contributed by atoms with E-state index in [4.69, 9.17) is 10.5 Å². The minimum atomic E-state index is -0.963. The first-order valence-electron chi connectivity index (χ1n) is 14.3. The lowest BCUT2D eigenvalue weighted by atomic mass is 9.70. The maximum absolute atomic E-state index is 10.8. The number of hydrogen-bond donors (Lipinski definition) is 9. The normalized spacial score (nSPS) is 44.9. The average molecular weight is 526 g/mol. The molecule has 10 N–H and O–H groups in total. The van der Waals surface area contributed by atoms with Gasteiger partial charge in [0.25, 0.3) is 0 Å². The highest BCUT2D eigenvalue weighted by Gasteiger charge is 2.51. The average Bonchev–Trinajstić information content (AvgIpc) is 3.53. The monoisotopic (exact) mass is 525 g/mol. The molecule has 0 amide bonds. The first-order chi connectivity index (χ1) is 17.6. The van der Waals surface area contributed by atoms with Gasteiger partial charge in [0, 0.05) is 25.3 Å². The van der Waals surface area contributed by atoms with Gasteiger partial charge in [-0.1, -0.05) is 20.8 Å². The van der Waals surface area contributed by atoms with Gasteiger partial charge in [-0.3, -0.25) is 31.9 Å². The second kappa shape index (κ2) is 11.6. The van der Waals surface area contributed by atoms with E-state index in [1.807, 2.05) is 11.9 Å². The van der Waals surface area contributed by atoms with Gasteiger partial charge in [0.15, 0.2) is 0 Å². The van der Waals surface area contributed by atoms with Crippen molar-refractivity contribution in [2.45, 2.75) is 108 Å². The summed E-state index contributed by atoms with van der Waals surface area (Å²) in [6.07, 6.45) is 1.82. The van der Waals surface area contributed by atoms with Gasteiger partial charge in [0.05, 0.1) is 25.0 Å². The van der Waals surface area contributed by atoms with Crippen LogP contribution >= 0.6 is 0 Å². The second-order valence-corrected chi connectivity index (χ2v) is 12.9. The molecule has 5 fully saturated rings. The number of fused-ring (bicyclic) bond motifs is 2. The molecular weight excluding hydrogens is 474 g/mol. The Hall–Kier alpha value is -0.480. The van der Waals surface area contributed by atoms with Crippen LogP contribution in [0.3, 0.4) is 0 Å². The number of aliphatic hydroxyl groups is 2. The maximum Gasteiger partial charge on any atom is 0.142 e. The van der Waals surface area contributed by atoms with Crippen LogP contribution < -0.4 is 37.6 Å². The molecule has 12 heteroatoms. The first kappa shape index (κ1) is 28.1. The Bertz CT molecular complexity index is 757. The van der Waals surface area contributed by atoms with E-state index in [0.717, 1.165) is 25.4 Å². The molecule has 5 rings (SSSR count). The molecule has 4 heterocycles. The summed E-state index contributed by atoms with van der Waals surface area (Å²) in [5, 5.41) is 42.6. The van der Waals surface area contributed by atoms with Gasteiger partial charge in [-0.25, -0.2) is 4.90 Å². The third-order valence-corrected chi connectivity index (χ3v) is 9.30. The van der Waals surface area contributed by atoms with Crippen LogP contribution in [0.4, 0.5) is 0 Å². The summed E-state index contributed by atoms with van der Waals surface area (Å²) >= 11 is 0. The summed E-state index contributed by atoms with van der Waals surface area (Å²) in [5.74, 6) is 0.776. The van der Waals surface area contributed by atoms with Crippen molar-refractivity contribution in [1.29, 1.82) is 0 Å². The fourth-order valence-corrected chi connectivity index (χ4v) is 6.93. The smallest absolute Gasteiger partial charge is 0.142 e. The molecule has 0 aromatic heterocycles. The minimum absolute atomic E-state index is 0.0172. The fourth-order valence-electron chi connectivity index (χ4n) is 6.93. The van der Waals surface area contributed by atoms with Crippen LogP contribution in [-0.4, -0.2) is 121 Å². The number of aliphatic hydroxyl groups excluding tert-OH is 2. The summed E-state index contributed by atoms with van der Waals surface area (Å²) < 4.78 is 6.21. The van der Waals surface area contributed by atoms with Crippen LogP contribution in [0.15, 0.2) is 0 Å². The van der Waals surface area contributed by atoms with Gasteiger partial charge in [0.2, 0.25) is 0 Å². The van der Waals surface area contributed by atoms with Gasteiger partial charge in [-0.05, 0) is 57.2 Å². The predicted octanol–water partition coefficient (Wildman–Crippen LogP) is -2.60. The van der Waals surface area contributed by atoms with Gasteiger partial charge in [-0.2, -0.15) is 0 Å². The molecule has 0 aromatic rings. The summed E-state index contributed by atoms with van der Waals surface area (Å²) in [5.41, 5.74) is 6.55. The van der Waals surface area contributed by atoms with E-state index in [2.05, 4.69) is 57.6 Å². The number of hydrogen-bond acceptors (Lipinski definition) is 12. The molecule has 0 radical (unpaired) electrons. The van der Waals surface area contributed by atoms with E-state index >= 15 is 0 Å². The van der Waals surface area contributed by atoms with Gasteiger partial charge >= 0.3 is 0 Å². The van der Waals surface area contributed by atoms with Crippen LogP contribution in [0.5, 0.6) is 0 Å². The number of likely N-dealkylation sites (N-methyl/N-ethyl adjacent to an activating group) is 1. The molecule has 1 aliphatic carbocycles. The summed E-state index contributed by atoms with van der Waals surface area (Å²) in [6.45, 7) is 10.6. The standard InChI is InChI=1S/C25H51N9O3/c1-25(2,3)14-6-7-15-16(10-14)32-24(31-15)27-8-5-9-33(4)11-17-19(35)20(36)23(37-17)34-13-30-18-21(26)28-12-29-22(18)34/h14-24,27-32,35-36H,5-13,26H2,1-4H3/t14?,15?,16?,17-,18?,19-,20-,21?,22?,23-,24?/m1/s1. The van der Waals surface area contributed by atoms with Crippen molar-refractivity contribution in [2.75, 3.05) is 40.0 Å². The van der Waals surface area contributed by atoms with E-state index in [-0.39, 0.29) is 24.7 Å². The minimum Gasteiger partial charge on any atom is -0.387 e. The molecule has 4 aliphatic heterocycles. The van der Waals surface area contributed by atoms with E-state index in [1.54, 1.807) is 0 Å². The van der Waals surface area contributed by atoms with Crippen LogP contribution in [-0.2, 0) is 4.74 Å². The lowest BCUT2D eigenvalue weighted by Crippen LogP contribution is -2.68. The number of rotatable bonds is 8. The Labute approximate surface area is 221 Å². The molecule has 12 nitrogen and oxygen atoms in total. The van der Waals surface area contributed by atoms with Gasteiger partial charge < -0.3 is 25.6 Å². The third-order valence-electron chi connectivity index (χ3n) is 9.30. The zero-order valence-electron chi connectivity index (χ0n) is 23.0. The molecule has 1 saturated carbocycles. The highest BCUT2D eigenvalue weighted by molar-refractivity contribution is 5.02. The topological polar surface area (TPSA) is 154 Å². The molecule has 4 saturated heterocycles. The van der Waals surface area contributed by atoms with Crippen LogP contribution in [0.1, 0.15) is 46.5 Å². The molecular formula is C25H51N9O3. The van der Waals surface area contributed by atoms with Crippen molar-refractivity contribution < 1.29 is 14.9 Å². The zero-order valence-corrected chi connectivity index (χ0v) is 23.0. The van der Waals surface area contributed by atoms with Crippen molar-refractivity contribution >= 4 is 0 Å². The van der Waals surface area contributed by atoms with Gasteiger partial charge in [0.1, 0.15) is 30.8 Å². The van der Waals surface area contributed by atoms with E-state index in [0.29, 0.717) is 37.4 Å². The number of nitrogens with zero attached hydrogens (tertiary/aromatic N) is 2. The number of ether oxygens (including phenoxy) is 1. The SMILES string of the molecule is CN(CCCNC1NC2CCC(C(C)(C)C)CC2N1)C[C@H]1O[C@@H](N2CNC3C(N)NCNC32)[C@H](O)[C@@H]1O. The van der Waals surface area contributed by atoms with Gasteiger partial charge in [-0.15, -0.1) is 0 Å². The summed E-state index contributed by atoms with van der Waals surface area (Å²) in [6, 6.07) is 1.13. The van der Waals surface area contributed by atoms with Crippen molar-refractivity contribution in [2.24, 2.45) is 17.1 Å². The molecule has 5 aliphatic rings. The van der Waals surface area contributed by atoms with Crippen LogP contribution in [0, 0.1) is 11.3 Å². The quantitative estimate of drug-likeness (QED) is 0.153. The summed E-state index contributed by atoms with van der Waals surface area (Å²) in [4.78, 5) is 4.21. The second-order valence-electron chi connectivity index (χ2n) is 12.9. The lowest BCUT2D eigenvalue weighted by Gasteiger charge is -2.38. The highest BCUT2D eigenvalue weighted by Crippen LogP contribution is 2.39. The Morgan fingerprint density at radius 2 is 1.86 bits per heavy atom. The molecule has 7 unspecified atom stereocenters. The lowest BCUT2D eigenvalue weighted by molar-refractivity contribution is -0.106. The Morgan fingerprint density at radius 1 is 1.08 bits per heavy atom. The maximum atomic E-state index is 10.8. The Morgan fingerprint density at radius 3 is 2.65 bits per heavy atom. The molecule has 37 heavy (non-hydrogen) atoms. The van der Waals surface area contributed by atoms with Crippen LogP contribution in [0.25, 0.3) is 0 Å². The van der Waals surface area contributed by atoms with Crippen molar-refractivity contribution in [3.63, 3.8) is 0 Å². The fraction of sp³-hybridized carbons (Fsp3) is 1.00. The Kier molecular flexibility index (Phi) is 8.77. The number of nitrogens with one attached hydrogen (secondary N) is 6. The van der Waals surface area contributed by atoms with E-state index < -0.39 is 24.5 Å². The predicted molar refractivity (Wildman–Crippen MR) is 142 cm³/mol. The van der Waals surface area contributed by atoms with Crippen LogP contribution in [0.2, 0.25) is 0 Å². The zero-order chi connectivity index (χ0) is 26.3. The Balaban J connectivity index is 1.01.